The first kappa shape index (κ1) is 12.2. The predicted octanol–water partition coefficient (Wildman–Crippen LogP) is 3.83. The fraction of sp³-hybridized carbons (Fsp3) is 0.125. The molecular formula is C16H15NOS. The highest BCUT2D eigenvalue weighted by atomic mass is 32.2. The van der Waals surface area contributed by atoms with E-state index in [1.165, 1.54) is 5.56 Å². The Morgan fingerprint density at radius 3 is 2.37 bits per heavy atom. The average Bonchev–Trinajstić information content (AvgIpc) is 2.77. The lowest BCUT2D eigenvalue weighted by Gasteiger charge is -2.05. The molecule has 0 bridgehead atoms. The summed E-state index contributed by atoms with van der Waals surface area (Å²) in [6, 6.07) is 15.9. The molecule has 1 aromatic heterocycles. The average molecular weight is 269 g/mol. The van der Waals surface area contributed by atoms with Gasteiger partial charge in [-0.05, 0) is 37.6 Å². The molecule has 0 aliphatic rings. The molecule has 0 saturated carbocycles. The minimum absolute atomic E-state index is 0.825. The monoisotopic (exact) mass is 269 g/mol. The van der Waals surface area contributed by atoms with Crippen molar-refractivity contribution in [3.8, 4) is 0 Å². The van der Waals surface area contributed by atoms with Crippen molar-refractivity contribution in [2.75, 3.05) is 0 Å². The zero-order chi connectivity index (χ0) is 13.4. The van der Waals surface area contributed by atoms with Crippen LogP contribution in [0.1, 0.15) is 11.1 Å². The van der Waals surface area contributed by atoms with Crippen LogP contribution < -0.4 is 0 Å². The van der Waals surface area contributed by atoms with Crippen molar-refractivity contribution < 1.29 is 4.21 Å². The van der Waals surface area contributed by atoms with Crippen LogP contribution in [0.25, 0.3) is 10.9 Å². The van der Waals surface area contributed by atoms with E-state index >= 15 is 0 Å². The second-order valence-electron chi connectivity index (χ2n) is 4.72. The molecular weight excluding hydrogens is 254 g/mol. The molecule has 0 amide bonds. The maximum absolute atomic E-state index is 12.7. The standard InChI is InChI=1S/C16H15NOS/c1-12-7-9-14(10-8-12)19(18)17-11-13(2)15-5-3-4-6-16(15)17/h3-11H,1-2H3. The minimum Gasteiger partial charge on any atom is -0.262 e. The summed E-state index contributed by atoms with van der Waals surface area (Å²) < 4.78 is 14.5. The highest BCUT2D eigenvalue weighted by molar-refractivity contribution is 7.83. The Bertz CT molecular complexity index is 756. The number of hydrogen-bond donors (Lipinski definition) is 0. The number of para-hydroxylation sites is 1. The van der Waals surface area contributed by atoms with E-state index in [0.29, 0.717) is 0 Å². The Hall–Kier alpha value is -1.87. The van der Waals surface area contributed by atoms with E-state index in [4.69, 9.17) is 0 Å². The first-order valence-electron chi connectivity index (χ1n) is 6.22. The lowest BCUT2D eigenvalue weighted by Crippen LogP contribution is -2.03. The number of nitrogens with zero attached hydrogens (tertiary/aromatic N) is 1. The van der Waals surface area contributed by atoms with Crippen molar-refractivity contribution >= 4 is 21.9 Å². The van der Waals surface area contributed by atoms with Crippen LogP contribution in [0.4, 0.5) is 0 Å². The van der Waals surface area contributed by atoms with E-state index in [1.54, 1.807) is 0 Å². The summed E-state index contributed by atoms with van der Waals surface area (Å²) in [4.78, 5) is 0.825. The molecule has 3 rings (SSSR count). The summed E-state index contributed by atoms with van der Waals surface area (Å²) in [5.41, 5.74) is 3.34. The summed E-state index contributed by atoms with van der Waals surface area (Å²) in [7, 11) is -1.19. The van der Waals surface area contributed by atoms with E-state index in [9.17, 15) is 4.21 Å². The number of rotatable bonds is 2. The molecule has 3 heteroatoms. The van der Waals surface area contributed by atoms with Gasteiger partial charge in [0.25, 0.3) is 0 Å². The highest BCUT2D eigenvalue weighted by Gasteiger charge is 2.11. The van der Waals surface area contributed by atoms with Gasteiger partial charge in [0.05, 0.1) is 10.4 Å². The normalized spacial score (nSPS) is 12.7. The number of aromatic nitrogens is 1. The molecule has 0 aliphatic heterocycles. The molecule has 3 aromatic rings. The van der Waals surface area contributed by atoms with Gasteiger partial charge in [-0.2, -0.15) is 0 Å². The Morgan fingerprint density at radius 1 is 0.947 bits per heavy atom. The molecule has 1 unspecified atom stereocenters. The van der Waals surface area contributed by atoms with Crippen LogP contribution in [-0.2, 0) is 11.0 Å². The SMILES string of the molecule is Cc1ccc(S(=O)n2cc(C)c3ccccc32)cc1. The summed E-state index contributed by atoms with van der Waals surface area (Å²) in [6.07, 6.45) is 1.96. The zero-order valence-electron chi connectivity index (χ0n) is 11.0. The van der Waals surface area contributed by atoms with Gasteiger partial charge in [-0.25, -0.2) is 4.21 Å². The number of benzene rings is 2. The van der Waals surface area contributed by atoms with Gasteiger partial charge in [0.15, 0.2) is 11.0 Å². The predicted molar refractivity (Wildman–Crippen MR) is 79.7 cm³/mol. The van der Waals surface area contributed by atoms with Gasteiger partial charge >= 0.3 is 0 Å². The van der Waals surface area contributed by atoms with Gasteiger partial charge in [0.2, 0.25) is 0 Å². The molecule has 2 aromatic carbocycles. The van der Waals surface area contributed by atoms with Crippen LogP contribution in [0.5, 0.6) is 0 Å². The van der Waals surface area contributed by atoms with Gasteiger partial charge < -0.3 is 0 Å². The third-order valence-electron chi connectivity index (χ3n) is 3.28. The maximum atomic E-state index is 12.7. The Kier molecular flexibility index (Phi) is 2.99. The van der Waals surface area contributed by atoms with Crippen LogP contribution in [0, 0.1) is 13.8 Å². The van der Waals surface area contributed by atoms with Gasteiger partial charge in [-0.3, -0.25) is 3.97 Å². The summed E-state index contributed by atoms with van der Waals surface area (Å²) in [6.45, 7) is 4.08. The van der Waals surface area contributed by atoms with E-state index < -0.39 is 11.0 Å². The molecule has 0 N–H and O–H groups in total. The van der Waals surface area contributed by atoms with Crippen molar-refractivity contribution in [3.05, 3.63) is 65.9 Å². The van der Waals surface area contributed by atoms with Gasteiger partial charge in [-0.1, -0.05) is 35.9 Å². The van der Waals surface area contributed by atoms with Crippen LogP contribution >= 0.6 is 0 Å². The number of aryl methyl sites for hydroxylation is 2. The number of fused-ring (bicyclic) bond motifs is 1. The van der Waals surface area contributed by atoms with Gasteiger partial charge in [0, 0.05) is 11.6 Å². The number of hydrogen-bond acceptors (Lipinski definition) is 1. The molecule has 0 fully saturated rings. The Balaban J connectivity index is 2.14. The van der Waals surface area contributed by atoms with E-state index in [-0.39, 0.29) is 0 Å². The van der Waals surface area contributed by atoms with Crippen molar-refractivity contribution in [1.82, 2.24) is 3.97 Å². The van der Waals surface area contributed by atoms with Crippen molar-refractivity contribution in [1.29, 1.82) is 0 Å². The summed E-state index contributed by atoms with van der Waals surface area (Å²) in [5.74, 6) is 0. The minimum atomic E-state index is -1.19. The maximum Gasteiger partial charge on any atom is 0.157 e. The summed E-state index contributed by atoms with van der Waals surface area (Å²) >= 11 is 0. The van der Waals surface area contributed by atoms with Crippen LogP contribution in [0.2, 0.25) is 0 Å². The van der Waals surface area contributed by atoms with Crippen molar-refractivity contribution in [2.45, 2.75) is 18.7 Å². The Morgan fingerprint density at radius 2 is 1.63 bits per heavy atom. The Labute approximate surface area is 115 Å². The van der Waals surface area contributed by atoms with Gasteiger partial charge in [0.1, 0.15) is 0 Å². The molecule has 0 radical (unpaired) electrons. The molecule has 0 aliphatic carbocycles. The lowest BCUT2D eigenvalue weighted by atomic mass is 10.2. The third-order valence-corrected chi connectivity index (χ3v) is 4.61. The largest absolute Gasteiger partial charge is 0.262 e. The second kappa shape index (κ2) is 4.67. The molecule has 1 atom stereocenters. The molecule has 0 spiro atoms. The molecule has 0 saturated heterocycles. The molecule has 96 valence electrons. The molecule has 1 heterocycles. The van der Waals surface area contributed by atoms with Crippen LogP contribution in [0.15, 0.2) is 59.6 Å². The van der Waals surface area contributed by atoms with Crippen molar-refractivity contribution in [2.24, 2.45) is 0 Å². The summed E-state index contributed by atoms with van der Waals surface area (Å²) in [5, 5.41) is 1.16. The van der Waals surface area contributed by atoms with E-state index in [2.05, 4.69) is 6.07 Å². The molecule has 19 heavy (non-hydrogen) atoms. The first-order chi connectivity index (χ1) is 9.16. The fourth-order valence-electron chi connectivity index (χ4n) is 2.22. The highest BCUT2D eigenvalue weighted by Crippen LogP contribution is 2.23. The van der Waals surface area contributed by atoms with E-state index in [1.807, 2.05) is 66.5 Å². The van der Waals surface area contributed by atoms with Crippen molar-refractivity contribution in [3.63, 3.8) is 0 Å². The smallest absolute Gasteiger partial charge is 0.157 e. The van der Waals surface area contributed by atoms with E-state index in [0.717, 1.165) is 21.4 Å². The van der Waals surface area contributed by atoms with Gasteiger partial charge in [-0.15, -0.1) is 0 Å². The third kappa shape index (κ3) is 2.10. The van der Waals surface area contributed by atoms with Crippen LogP contribution in [-0.4, -0.2) is 8.18 Å². The fourth-order valence-corrected chi connectivity index (χ4v) is 3.41. The first-order valence-corrected chi connectivity index (χ1v) is 7.33. The van der Waals surface area contributed by atoms with Crippen LogP contribution in [0.3, 0.4) is 0 Å². The quantitative estimate of drug-likeness (QED) is 0.693. The second-order valence-corrected chi connectivity index (χ2v) is 6.08. The molecule has 2 nitrogen and oxygen atoms in total. The topological polar surface area (TPSA) is 22.0 Å². The lowest BCUT2D eigenvalue weighted by molar-refractivity contribution is 0.678. The zero-order valence-corrected chi connectivity index (χ0v) is 11.8.